The number of anilines is 1. The number of hydrogen-bond acceptors (Lipinski definition) is 7. The summed E-state index contributed by atoms with van der Waals surface area (Å²) in [5, 5.41) is 19.0. The maximum absolute atomic E-state index is 11.7. The van der Waals surface area contributed by atoms with Gasteiger partial charge in [-0.3, -0.25) is 4.79 Å². The van der Waals surface area contributed by atoms with Crippen molar-refractivity contribution >= 4 is 23.5 Å². The van der Waals surface area contributed by atoms with Crippen LogP contribution in [-0.4, -0.2) is 22.8 Å². The van der Waals surface area contributed by atoms with Crippen molar-refractivity contribution in [3.63, 3.8) is 0 Å². The number of benzene rings is 1. The average Bonchev–Trinajstić information content (AvgIpc) is 3.00. The molecule has 6 nitrogen and oxygen atoms in total. The van der Waals surface area contributed by atoms with E-state index in [0.717, 1.165) is 11.8 Å². The molecule has 118 valence electrons. The van der Waals surface area contributed by atoms with Gasteiger partial charge in [0.05, 0.1) is 12.2 Å². The number of carbonyl (C=O) groups is 1. The summed E-state index contributed by atoms with van der Waals surface area (Å²) in [5.74, 6) is -0.279. The highest BCUT2D eigenvalue weighted by Gasteiger charge is 2.30. The lowest BCUT2D eigenvalue weighted by Crippen LogP contribution is -2.11. The van der Waals surface area contributed by atoms with Crippen LogP contribution in [0.2, 0.25) is 0 Å². The quantitative estimate of drug-likeness (QED) is 0.857. The van der Waals surface area contributed by atoms with Gasteiger partial charge in [-0.05, 0) is 5.56 Å². The Hall–Kier alpha value is -3.03. The van der Waals surface area contributed by atoms with Crippen LogP contribution >= 0.6 is 11.8 Å². The third-order valence-electron chi connectivity index (χ3n) is 3.62. The summed E-state index contributed by atoms with van der Waals surface area (Å²) in [4.78, 5) is 15.9. The number of pyridine rings is 1. The number of nitrogen functional groups attached to an aromatic ring is 1. The molecule has 1 aromatic heterocycles. The maximum atomic E-state index is 11.7. The molecule has 0 bridgehead atoms. The van der Waals surface area contributed by atoms with Crippen LogP contribution in [0, 0.1) is 22.7 Å². The fourth-order valence-electron chi connectivity index (χ4n) is 2.50. The van der Waals surface area contributed by atoms with Crippen LogP contribution in [0.3, 0.4) is 0 Å². The van der Waals surface area contributed by atoms with E-state index < -0.39 is 5.25 Å². The van der Waals surface area contributed by atoms with Crippen LogP contribution in [-0.2, 0) is 9.53 Å². The van der Waals surface area contributed by atoms with E-state index in [2.05, 4.69) is 11.1 Å². The molecule has 1 aliphatic rings. The van der Waals surface area contributed by atoms with Gasteiger partial charge in [0.1, 0.15) is 33.8 Å². The average molecular weight is 336 g/mol. The van der Waals surface area contributed by atoms with E-state index in [1.54, 1.807) is 12.1 Å². The van der Waals surface area contributed by atoms with Crippen LogP contribution in [0.1, 0.15) is 17.5 Å². The number of nitrogens with zero attached hydrogens (tertiary/aromatic N) is 3. The Morgan fingerprint density at radius 3 is 2.50 bits per heavy atom. The molecule has 3 rings (SSSR count). The van der Waals surface area contributed by atoms with Crippen molar-refractivity contribution < 1.29 is 9.53 Å². The highest BCUT2D eigenvalue weighted by molar-refractivity contribution is 8.00. The van der Waals surface area contributed by atoms with Gasteiger partial charge >= 0.3 is 5.97 Å². The fourth-order valence-corrected chi connectivity index (χ4v) is 3.56. The number of cyclic esters (lactones) is 1. The SMILES string of the molecule is N#Cc1c(N)nc(SC2CCOC2=O)c(C#N)c1-c1ccccc1. The molecule has 0 spiro atoms. The van der Waals surface area contributed by atoms with E-state index in [1.165, 1.54) is 0 Å². The molecule has 0 amide bonds. The zero-order valence-corrected chi connectivity index (χ0v) is 13.3. The number of rotatable bonds is 3. The van der Waals surface area contributed by atoms with Crippen LogP contribution < -0.4 is 5.73 Å². The van der Waals surface area contributed by atoms with Gasteiger partial charge in [0, 0.05) is 12.0 Å². The van der Waals surface area contributed by atoms with E-state index in [0.29, 0.717) is 29.2 Å². The van der Waals surface area contributed by atoms with Gasteiger partial charge in [-0.2, -0.15) is 10.5 Å². The van der Waals surface area contributed by atoms with Crippen LogP contribution in [0.5, 0.6) is 0 Å². The first-order valence-corrected chi connectivity index (χ1v) is 8.06. The van der Waals surface area contributed by atoms with Gasteiger partial charge in [-0.1, -0.05) is 42.1 Å². The van der Waals surface area contributed by atoms with Crippen molar-refractivity contribution in [2.24, 2.45) is 0 Å². The van der Waals surface area contributed by atoms with E-state index in [4.69, 9.17) is 10.5 Å². The van der Waals surface area contributed by atoms with Crippen molar-refractivity contribution in [3.8, 4) is 23.3 Å². The molecule has 0 aliphatic carbocycles. The summed E-state index contributed by atoms with van der Waals surface area (Å²) in [5.41, 5.74) is 7.49. The highest BCUT2D eigenvalue weighted by atomic mass is 32.2. The molecule has 0 saturated carbocycles. The minimum absolute atomic E-state index is 0.0456. The van der Waals surface area contributed by atoms with Crippen molar-refractivity contribution in [1.29, 1.82) is 10.5 Å². The number of nitrogens with two attached hydrogens (primary N) is 1. The van der Waals surface area contributed by atoms with Crippen LogP contribution in [0.4, 0.5) is 5.82 Å². The lowest BCUT2D eigenvalue weighted by Gasteiger charge is -2.14. The second-order valence-corrected chi connectivity index (χ2v) is 6.27. The Bertz CT molecular complexity index is 884. The number of ether oxygens (including phenoxy) is 1. The summed E-state index contributed by atoms with van der Waals surface area (Å²) < 4.78 is 4.95. The molecule has 1 atom stereocenters. The first-order chi connectivity index (χ1) is 11.7. The van der Waals surface area contributed by atoms with E-state index in [-0.39, 0.29) is 22.9 Å². The van der Waals surface area contributed by atoms with E-state index >= 15 is 0 Å². The van der Waals surface area contributed by atoms with Crippen molar-refractivity contribution in [2.75, 3.05) is 12.3 Å². The van der Waals surface area contributed by atoms with Gasteiger partial charge in [-0.15, -0.1) is 0 Å². The van der Waals surface area contributed by atoms with E-state index in [1.807, 2.05) is 24.3 Å². The van der Waals surface area contributed by atoms with Crippen LogP contribution in [0.15, 0.2) is 35.4 Å². The molecule has 7 heteroatoms. The van der Waals surface area contributed by atoms with Crippen LogP contribution in [0.25, 0.3) is 11.1 Å². The molecule has 24 heavy (non-hydrogen) atoms. The first kappa shape index (κ1) is 15.9. The summed E-state index contributed by atoms with van der Waals surface area (Å²) in [6.45, 7) is 0.357. The molecule has 1 unspecified atom stereocenters. The molecule has 1 saturated heterocycles. The van der Waals surface area contributed by atoms with Gasteiger partial charge < -0.3 is 10.5 Å². The third kappa shape index (κ3) is 2.78. The maximum Gasteiger partial charge on any atom is 0.319 e. The molecule has 1 aromatic carbocycles. The zero-order chi connectivity index (χ0) is 17.1. The number of aromatic nitrogens is 1. The molecular formula is C17H12N4O2S. The Labute approximate surface area is 142 Å². The summed E-state index contributed by atoms with van der Waals surface area (Å²) in [7, 11) is 0. The van der Waals surface area contributed by atoms with E-state index in [9.17, 15) is 15.3 Å². The molecule has 1 fully saturated rings. The second kappa shape index (κ2) is 6.61. The zero-order valence-electron chi connectivity index (χ0n) is 12.5. The van der Waals surface area contributed by atoms with Crippen molar-refractivity contribution in [2.45, 2.75) is 16.7 Å². The second-order valence-electron chi connectivity index (χ2n) is 5.08. The lowest BCUT2D eigenvalue weighted by atomic mass is 9.97. The molecule has 0 radical (unpaired) electrons. The monoisotopic (exact) mass is 336 g/mol. The molecule has 2 aromatic rings. The normalized spacial score (nSPS) is 16.2. The Balaban J connectivity index is 2.18. The summed E-state index contributed by atoms with van der Waals surface area (Å²) >= 11 is 1.16. The Morgan fingerprint density at radius 1 is 1.21 bits per heavy atom. The summed E-state index contributed by atoms with van der Waals surface area (Å²) in [6.07, 6.45) is 0.552. The summed E-state index contributed by atoms with van der Waals surface area (Å²) in [6, 6.07) is 13.2. The largest absolute Gasteiger partial charge is 0.465 e. The minimum atomic E-state index is -0.416. The van der Waals surface area contributed by atoms with Gasteiger partial charge in [-0.25, -0.2) is 4.98 Å². The standard InChI is InChI=1S/C17H12N4O2S/c18-8-11-14(10-4-2-1-3-5-10)12(9-19)16(21-15(11)20)24-13-6-7-23-17(13)22/h1-5,13H,6-7H2,(H2,20,21). The number of nitriles is 2. The number of thioether (sulfide) groups is 1. The number of esters is 1. The third-order valence-corrected chi connectivity index (χ3v) is 4.85. The molecule has 2 heterocycles. The van der Waals surface area contributed by atoms with Gasteiger partial charge in [0.15, 0.2) is 0 Å². The minimum Gasteiger partial charge on any atom is -0.465 e. The first-order valence-electron chi connectivity index (χ1n) is 7.18. The van der Waals surface area contributed by atoms with Gasteiger partial charge in [0.2, 0.25) is 0 Å². The fraction of sp³-hybridized carbons (Fsp3) is 0.176. The molecule has 2 N–H and O–H groups in total. The molecular weight excluding hydrogens is 324 g/mol. The van der Waals surface area contributed by atoms with Crippen molar-refractivity contribution in [3.05, 3.63) is 41.5 Å². The predicted octanol–water partition coefficient (Wildman–Crippen LogP) is 2.48. The smallest absolute Gasteiger partial charge is 0.319 e. The Kier molecular flexibility index (Phi) is 4.37. The Morgan fingerprint density at radius 2 is 1.92 bits per heavy atom. The molecule has 1 aliphatic heterocycles. The lowest BCUT2D eigenvalue weighted by molar-refractivity contribution is -0.137. The predicted molar refractivity (Wildman–Crippen MR) is 88.7 cm³/mol. The van der Waals surface area contributed by atoms with Crippen molar-refractivity contribution in [1.82, 2.24) is 4.98 Å². The highest BCUT2D eigenvalue weighted by Crippen LogP contribution is 2.38. The number of hydrogen-bond donors (Lipinski definition) is 1. The number of carbonyl (C=O) groups excluding carboxylic acids is 1. The van der Waals surface area contributed by atoms with Gasteiger partial charge in [0.25, 0.3) is 0 Å². The topological polar surface area (TPSA) is 113 Å².